The highest BCUT2D eigenvalue weighted by Crippen LogP contribution is 2.25. The van der Waals surface area contributed by atoms with E-state index in [0.29, 0.717) is 6.42 Å². The van der Waals surface area contributed by atoms with Crippen LogP contribution in [-0.2, 0) is 10.0 Å². The number of nitrogens with zero attached hydrogens (tertiary/aromatic N) is 1. The molecule has 19 heavy (non-hydrogen) atoms. The molecule has 0 aromatic heterocycles. The van der Waals surface area contributed by atoms with Crippen molar-refractivity contribution >= 4 is 27.3 Å². The summed E-state index contributed by atoms with van der Waals surface area (Å²) in [7, 11) is -0.180. The van der Waals surface area contributed by atoms with E-state index in [0.717, 1.165) is 12.6 Å². The Bertz CT molecular complexity index is 549. The van der Waals surface area contributed by atoms with E-state index in [2.05, 4.69) is 4.72 Å². The smallest absolute Gasteiger partial charge is 0.243 e. The first-order valence-corrected chi connectivity index (χ1v) is 7.49. The third-order valence-corrected chi connectivity index (χ3v) is 4.12. The summed E-state index contributed by atoms with van der Waals surface area (Å²) in [5.41, 5.74) is 5.57. The molecule has 8 heteroatoms. The van der Waals surface area contributed by atoms with Gasteiger partial charge in [0.1, 0.15) is 4.90 Å². The van der Waals surface area contributed by atoms with Gasteiger partial charge in [-0.2, -0.15) is 0 Å². The Labute approximate surface area is 117 Å². The van der Waals surface area contributed by atoms with E-state index >= 15 is 0 Å². The summed E-state index contributed by atoms with van der Waals surface area (Å²) < 4.78 is 39.9. The van der Waals surface area contributed by atoms with E-state index in [4.69, 9.17) is 17.3 Å². The van der Waals surface area contributed by atoms with Crippen LogP contribution in [0.5, 0.6) is 0 Å². The quantitative estimate of drug-likeness (QED) is 0.613. The van der Waals surface area contributed by atoms with E-state index in [1.54, 1.807) is 0 Å². The molecule has 108 valence electrons. The molecule has 5 nitrogen and oxygen atoms in total. The lowest BCUT2D eigenvalue weighted by atomic mass is 10.3. The van der Waals surface area contributed by atoms with Crippen LogP contribution < -0.4 is 10.5 Å². The van der Waals surface area contributed by atoms with Gasteiger partial charge in [0.2, 0.25) is 10.0 Å². The van der Waals surface area contributed by atoms with Crippen molar-refractivity contribution in [2.75, 3.05) is 32.9 Å². The first kappa shape index (κ1) is 16.2. The Morgan fingerprint density at radius 2 is 2.05 bits per heavy atom. The molecule has 0 unspecified atom stereocenters. The normalized spacial score (nSPS) is 12.1. The van der Waals surface area contributed by atoms with Gasteiger partial charge < -0.3 is 10.6 Å². The number of nitrogens with two attached hydrogens (primary N) is 1. The van der Waals surface area contributed by atoms with E-state index in [9.17, 15) is 12.8 Å². The van der Waals surface area contributed by atoms with Crippen molar-refractivity contribution in [1.29, 1.82) is 0 Å². The van der Waals surface area contributed by atoms with Gasteiger partial charge in [-0.3, -0.25) is 0 Å². The van der Waals surface area contributed by atoms with Crippen LogP contribution in [0.4, 0.5) is 10.1 Å². The van der Waals surface area contributed by atoms with Gasteiger partial charge in [0.25, 0.3) is 0 Å². The Morgan fingerprint density at radius 1 is 1.42 bits per heavy atom. The van der Waals surface area contributed by atoms with Gasteiger partial charge in [0.05, 0.1) is 5.02 Å². The number of hydrogen-bond acceptors (Lipinski definition) is 4. The molecule has 0 bridgehead atoms. The zero-order valence-electron chi connectivity index (χ0n) is 10.8. The molecule has 0 atom stereocenters. The first-order valence-electron chi connectivity index (χ1n) is 5.63. The number of benzene rings is 1. The monoisotopic (exact) mass is 309 g/mol. The third-order valence-electron chi connectivity index (χ3n) is 2.38. The number of hydrogen-bond donors (Lipinski definition) is 2. The molecule has 0 amide bonds. The second kappa shape index (κ2) is 6.51. The molecule has 0 heterocycles. The highest BCUT2D eigenvalue weighted by molar-refractivity contribution is 7.89. The Kier molecular flexibility index (Phi) is 5.54. The minimum Gasteiger partial charge on any atom is -0.399 e. The highest BCUT2D eigenvalue weighted by Gasteiger charge is 2.21. The van der Waals surface area contributed by atoms with Crippen molar-refractivity contribution in [3.05, 3.63) is 23.0 Å². The zero-order valence-corrected chi connectivity index (χ0v) is 12.4. The molecule has 1 rings (SSSR count). The van der Waals surface area contributed by atoms with Crippen LogP contribution in [0.3, 0.4) is 0 Å². The molecule has 0 aliphatic heterocycles. The molecule has 3 N–H and O–H groups in total. The molecule has 0 spiro atoms. The lowest BCUT2D eigenvalue weighted by Gasteiger charge is -2.11. The topological polar surface area (TPSA) is 75.4 Å². The minimum atomic E-state index is -3.94. The van der Waals surface area contributed by atoms with Gasteiger partial charge in [0.15, 0.2) is 5.82 Å². The average Bonchev–Trinajstić information content (AvgIpc) is 2.29. The van der Waals surface area contributed by atoms with E-state index in [-0.39, 0.29) is 17.3 Å². The number of anilines is 1. The molecule has 0 aliphatic rings. The highest BCUT2D eigenvalue weighted by atomic mass is 35.5. The van der Waals surface area contributed by atoms with E-state index in [1.807, 2.05) is 19.0 Å². The van der Waals surface area contributed by atoms with Gasteiger partial charge in [-0.25, -0.2) is 17.5 Å². The van der Waals surface area contributed by atoms with Gasteiger partial charge in [-0.05, 0) is 39.2 Å². The predicted molar refractivity (Wildman–Crippen MR) is 74.2 cm³/mol. The maximum absolute atomic E-state index is 13.7. The minimum absolute atomic E-state index is 0.0973. The first-order chi connectivity index (χ1) is 8.74. The van der Waals surface area contributed by atoms with Crippen LogP contribution in [0.15, 0.2) is 17.0 Å². The number of nitrogens with one attached hydrogen (secondary N) is 1. The molecular weight excluding hydrogens is 293 g/mol. The molecule has 0 aliphatic carbocycles. The van der Waals surface area contributed by atoms with Crippen LogP contribution in [0.25, 0.3) is 0 Å². The summed E-state index contributed by atoms with van der Waals surface area (Å²) in [6.07, 6.45) is 0.615. The standard InChI is InChI=1S/C11H17ClFN3O2S/c1-16(2)5-3-4-15-19(17,18)10-7-8(14)6-9(12)11(10)13/h6-7,15H,3-5,14H2,1-2H3. The van der Waals surface area contributed by atoms with Gasteiger partial charge >= 0.3 is 0 Å². The SMILES string of the molecule is CN(C)CCCNS(=O)(=O)c1cc(N)cc(Cl)c1F. The van der Waals surface area contributed by atoms with Crippen LogP contribution in [0.2, 0.25) is 5.02 Å². The average molecular weight is 310 g/mol. The Morgan fingerprint density at radius 3 is 2.63 bits per heavy atom. The Hall–Kier alpha value is -0.890. The van der Waals surface area contributed by atoms with Crippen molar-refractivity contribution in [3.63, 3.8) is 0 Å². The van der Waals surface area contributed by atoms with Crippen LogP contribution in [-0.4, -0.2) is 40.5 Å². The second-order valence-electron chi connectivity index (χ2n) is 4.37. The fourth-order valence-electron chi connectivity index (χ4n) is 1.46. The molecule has 0 saturated heterocycles. The molecule has 0 radical (unpaired) electrons. The zero-order chi connectivity index (χ0) is 14.6. The summed E-state index contributed by atoms with van der Waals surface area (Å²) in [6, 6.07) is 2.22. The Balaban J connectivity index is 2.83. The number of rotatable bonds is 6. The van der Waals surface area contributed by atoms with Crippen LogP contribution in [0.1, 0.15) is 6.42 Å². The van der Waals surface area contributed by atoms with Gasteiger partial charge in [-0.1, -0.05) is 11.6 Å². The summed E-state index contributed by atoms with van der Waals surface area (Å²) in [4.78, 5) is 1.40. The van der Waals surface area contributed by atoms with Crippen LogP contribution in [0, 0.1) is 5.82 Å². The van der Waals surface area contributed by atoms with E-state index < -0.39 is 20.7 Å². The van der Waals surface area contributed by atoms with Gasteiger partial charge in [-0.15, -0.1) is 0 Å². The molecule has 1 aromatic rings. The molecule has 0 saturated carbocycles. The second-order valence-corrected chi connectivity index (χ2v) is 6.51. The van der Waals surface area contributed by atoms with Crippen molar-refractivity contribution in [1.82, 2.24) is 9.62 Å². The molecule has 1 aromatic carbocycles. The number of sulfonamides is 1. The van der Waals surface area contributed by atoms with Gasteiger partial charge in [0, 0.05) is 12.2 Å². The number of nitrogen functional groups attached to an aromatic ring is 1. The van der Waals surface area contributed by atoms with Crippen molar-refractivity contribution in [3.8, 4) is 0 Å². The summed E-state index contributed by atoms with van der Waals surface area (Å²) in [5.74, 6) is -0.990. The maximum Gasteiger partial charge on any atom is 0.243 e. The molecule has 0 fully saturated rings. The fourth-order valence-corrected chi connectivity index (χ4v) is 2.95. The maximum atomic E-state index is 13.7. The lowest BCUT2D eigenvalue weighted by Crippen LogP contribution is -2.28. The third kappa shape index (κ3) is 4.61. The van der Waals surface area contributed by atoms with Crippen LogP contribution >= 0.6 is 11.6 Å². The van der Waals surface area contributed by atoms with Crippen molar-refractivity contribution in [2.24, 2.45) is 0 Å². The fraction of sp³-hybridized carbons (Fsp3) is 0.455. The predicted octanol–water partition coefficient (Wildman–Crippen LogP) is 1.29. The van der Waals surface area contributed by atoms with E-state index in [1.165, 1.54) is 6.07 Å². The van der Waals surface area contributed by atoms with Crippen molar-refractivity contribution in [2.45, 2.75) is 11.3 Å². The lowest BCUT2D eigenvalue weighted by molar-refractivity contribution is 0.400. The largest absolute Gasteiger partial charge is 0.399 e. The molecular formula is C11H17ClFN3O2S. The van der Waals surface area contributed by atoms with Crippen molar-refractivity contribution < 1.29 is 12.8 Å². The summed E-state index contributed by atoms with van der Waals surface area (Å²) >= 11 is 5.57. The number of halogens is 2. The summed E-state index contributed by atoms with van der Waals surface area (Å²) in [5, 5.41) is -0.311. The summed E-state index contributed by atoms with van der Waals surface area (Å²) in [6.45, 7) is 0.940.